The van der Waals surface area contributed by atoms with E-state index in [-0.39, 0.29) is 5.56 Å². The Bertz CT molecular complexity index is 412. The van der Waals surface area contributed by atoms with Crippen LogP contribution in [0.5, 0.6) is 5.75 Å². The van der Waals surface area contributed by atoms with Crippen LogP contribution in [0.15, 0.2) is 24.3 Å². The number of methoxy groups -OCH3 is 1. The van der Waals surface area contributed by atoms with Crippen molar-refractivity contribution in [1.29, 1.82) is 0 Å². The Kier molecular flexibility index (Phi) is 4.34. The molecule has 3 nitrogen and oxygen atoms in total. The van der Waals surface area contributed by atoms with Gasteiger partial charge in [-0.05, 0) is 24.3 Å². The number of ether oxygens (including phenoxy) is 1. The first-order chi connectivity index (χ1) is 8.27. The summed E-state index contributed by atoms with van der Waals surface area (Å²) in [5.41, 5.74) is 0.103. The van der Waals surface area contributed by atoms with Crippen molar-refractivity contribution in [2.45, 2.75) is 19.2 Å². The van der Waals surface area contributed by atoms with Gasteiger partial charge in [0.05, 0.1) is 13.0 Å². The summed E-state index contributed by atoms with van der Waals surface area (Å²) in [4.78, 5) is 11.7. The van der Waals surface area contributed by atoms with Crippen molar-refractivity contribution in [2.24, 2.45) is 5.92 Å². The van der Waals surface area contributed by atoms with E-state index in [4.69, 9.17) is 9.84 Å². The second kappa shape index (κ2) is 5.39. The number of halogens is 3. The van der Waals surface area contributed by atoms with Gasteiger partial charge in [-0.3, -0.25) is 4.79 Å². The van der Waals surface area contributed by atoms with Crippen LogP contribution in [0.4, 0.5) is 13.2 Å². The van der Waals surface area contributed by atoms with E-state index in [1.807, 2.05) is 0 Å². The summed E-state index contributed by atoms with van der Waals surface area (Å²) in [6.07, 6.45) is -7.46. The molecular formula is C12H13F3O3. The molecule has 0 saturated heterocycles. The molecule has 0 aliphatic heterocycles. The van der Waals surface area contributed by atoms with Crippen LogP contribution in [0.1, 0.15) is 17.3 Å². The molecular weight excluding hydrogens is 249 g/mol. The van der Waals surface area contributed by atoms with E-state index in [2.05, 4.69) is 0 Å². The highest BCUT2D eigenvalue weighted by atomic mass is 19.4. The van der Waals surface area contributed by atoms with Crippen LogP contribution in [-0.2, 0) is 0 Å². The van der Waals surface area contributed by atoms with Crippen LogP contribution in [0.3, 0.4) is 0 Å². The molecule has 0 unspecified atom stereocenters. The van der Waals surface area contributed by atoms with E-state index < -0.39 is 24.0 Å². The van der Waals surface area contributed by atoms with Crippen LogP contribution in [0, 0.1) is 5.92 Å². The summed E-state index contributed by atoms with van der Waals surface area (Å²) in [6, 6.07) is 5.67. The van der Waals surface area contributed by atoms with Crippen LogP contribution in [-0.4, -0.2) is 30.3 Å². The Hall–Kier alpha value is -1.56. The third-order valence-corrected chi connectivity index (χ3v) is 2.60. The van der Waals surface area contributed by atoms with Crippen molar-refractivity contribution in [3.05, 3.63) is 29.8 Å². The van der Waals surface area contributed by atoms with Gasteiger partial charge in [-0.1, -0.05) is 6.92 Å². The summed E-state index contributed by atoms with van der Waals surface area (Å²) < 4.78 is 41.7. The molecule has 0 radical (unpaired) electrons. The second-order valence-electron chi connectivity index (χ2n) is 3.87. The number of aliphatic hydroxyl groups is 1. The molecule has 1 aromatic carbocycles. The molecule has 0 amide bonds. The first-order valence-electron chi connectivity index (χ1n) is 5.20. The molecule has 100 valence electrons. The van der Waals surface area contributed by atoms with Crippen LogP contribution in [0.25, 0.3) is 0 Å². The molecule has 18 heavy (non-hydrogen) atoms. The predicted octanol–water partition coefficient (Wildman–Crippen LogP) is 2.44. The summed E-state index contributed by atoms with van der Waals surface area (Å²) in [6.45, 7) is 1.05. The number of hydrogen-bond donors (Lipinski definition) is 1. The summed E-state index contributed by atoms with van der Waals surface area (Å²) in [5.74, 6) is -1.81. The fourth-order valence-electron chi connectivity index (χ4n) is 1.45. The highest BCUT2D eigenvalue weighted by Crippen LogP contribution is 2.27. The van der Waals surface area contributed by atoms with Gasteiger partial charge in [0.1, 0.15) is 5.75 Å². The van der Waals surface area contributed by atoms with E-state index in [1.54, 1.807) is 0 Å². The minimum Gasteiger partial charge on any atom is -0.497 e. The third kappa shape index (κ3) is 3.22. The van der Waals surface area contributed by atoms with E-state index >= 15 is 0 Å². The first-order valence-corrected chi connectivity index (χ1v) is 5.20. The first kappa shape index (κ1) is 14.5. The summed E-state index contributed by atoms with van der Waals surface area (Å²) in [5, 5.41) is 9.02. The van der Waals surface area contributed by atoms with Crippen molar-refractivity contribution in [2.75, 3.05) is 7.11 Å². The van der Waals surface area contributed by atoms with Gasteiger partial charge in [-0.2, -0.15) is 13.2 Å². The molecule has 0 heterocycles. The number of Topliss-reactive ketones (excluding diaryl/α,β-unsaturated/α-hetero) is 1. The molecule has 2 atom stereocenters. The summed E-state index contributed by atoms with van der Waals surface area (Å²) in [7, 11) is 1.44. The Balaban J connectivity index is 2.86. The molecule has 6 heteroatoms. The van der Waals surface area contributed by atoms with Gasteiger partial charge in [0.15, 0.2) is 11.9 Å². The Morgan fingerprint density at radius 1 is 1.28 bits per heavy atom. The monoisotopic (exact) mass is 262 g/mol. The molecule has 0 bridgehead atoms. The van der Waals surface area contributed by atoms with Crippen molar-refractivity contribution in [3.63, 3.8) is 0 Å². The third-order valence-electron chi connectivity index (χ3n) is 2.60. The lowest BCUT2D eigenvalue weighted by molar-refractivity contribution is -0.212. The largest absolute Gasteiger partial charge is 0.497 e. The highest BCUT2D eigenvalue weighted by molar-refractivity contribution is 5.98. The average Bonchev–Trinajstić information content (AvgIpc) is 2.35. The fourth-order valence-corrected chi connectivity index (χ4v) is 1.45. The molecule has 0 aromatic heterocycles. The van der Waals surface area contributed by atoms with Gasteiger partial charge in [0.2, 0.25) is 0 Å². The molecule has 1 aromatic rings. The van der Waals surface area contributed by atoms with Crippen LogP contribution in [0.2, 0.25) is 0 Å². The number of aliphatic hydroxyl groups excluding tert-OH is 1. The number of rotatable bonds is 4. The SMILES string of the molecule is COc1ccc(C(=O)[C@H](C)[C@@H](O)C(F)(F)F)cc1. The number of benzene rings is 1. The number of carbonyl (C=O) groups is 1. The van der Waals surface area contributed by atoms with E-state index in [1.165, 1.54) is 31.4 Å². The smallest absolute Gasteiger partial charge is 0.415 e. The van der Waals surface area contributed by atoms with E-state index in [9.17, 15) is 18.0 Å². The molecule has 0 spiro atoms. The molecule has 0 fully saturated rings. The maximum Gasteiger partial charge on any atom is 0.415 e. The normalized spacial score (nSPS) is 15.0. The molecule has 0 aliphatic carbocycles. The Morgan fingerprint density at radius 3 is 2.17 bits per heavy atom. The number of ketones is 1. The zero-order valence-electron chi connectivity index (χ0n) is 9.86. The van der Waals surface area contributed by atoms with Gasteiger partial charge in [-0.25, -0.2) is 0 Å². The fraction of sp³-hybridized carbons (Fsp3) is 0.417. The molecule has 0 saturated carbocycles. The lowest BCUT2D eigenvalue weighted by Crippen LogP contribution is -2.38. The minimum absolute atomic E-state index is 0.103. The minimum atomic E-state index is -4.80. The average molecular weight is 262 g/mol. The van der Waals surface area contributed by atoms with Gasteiger partial charge in [-0.15, -0.1) is 0 Å². The van der Waals surface area contributed by atoms with Gasteiger partial charge in [0.25, 0.3) is 0 Å². The number of hydrogen-bond acceptors (Lipinski definition) is 3. The topological polar surface area (TPSA) is 46.5 Å². The number of alkyl halides is 3. The van der Waals surface area contributed by atoms with Gasteiger partial charge >= 0.3 is 6.18 Å². The maximum absolute atomic E-state index is 12.3. The Labute approximate surface area is 102 Å². The van der Waals surface area contributed by atoms with Crippen molar-refractivity contribution < 1.29 is 27.8 Å². The molecule has 1 rings (SSSR count). The number of carbonyl (C=O) groups excluding carboxylic acids is 1. The molecule has 0 aliphatic rings. The zero-order chi connectivity index (χ0) is 13.9. The van der Waals surface area contributed by atoms with Crippen molar-refractivity contribution in [1.82, 2.24) is 0 Å². The van der Waals surface area contributed by atoms with Gasteiger partial charge in [0, 0.05) is 5.56 Å². The Morgan fingerprint density at radius 2 is 1.78 bits per heavy atom. The quantitative estimate of drug-likeness (QED) is 0.848. The maximum atomic E-state index is 12.3. The highest BCUT2D eigenvalue weighted by Gasteiger charge is 2.44. The van der Waals surface area contributed by atoms with E-state index in [0.29, 0.717) is 5.75 Å². The standard InChI is InChI=1S/C12H13F3O3/c1-7(11(17)12(13,14)15)10(16)8-3-5-9(18-2)6-4-8/h3-7,11,17H,1-2H3/t7-,11+/m0/s1. The second-order valence-corrected chi connectivity index (χ2v) is 3.87. The van der Waals surface area contributed by atoms with Crippen molar-refractivity contribution >= 4 is 5.78 Å². The predicted molar refractivity (Wildman–Crippen MR) is 58.6 cm³/mol. The van der Waals surface area contributed by atoms with E-state index in [0.717, 1.165) is 6.92 Å². The molecule has 1 N–H and O–H groups in total. The van der Waals surface area contributed by atoms with Gasteiger partial charge < -0.3 is 9.84 Å². The summed E-state index contributed by atoms with van der Waals surface area (Å²) >= 11 is 0. The van der Waals surface area contributed by atoms with Crippen LogP contribution < -0.4 is 4.74 Å². The van der Waals surface area contributed by atoms with Crippen LogP contribution >= 0.6 is 0 Å². The lowest BCUT2D eigenvalue weighted by atomic mass is 9.94. The lowest BCUT2D eigenvalue weighted by Gasteiger charge is -2.20. The zero-order valence-corrected chi connectivity index (χ0v) is 9.86. The van der Waals surface area contributed by atoms with Crippen molar-refractivity contribution in [3.8, 4) is 5.75 Å².